The van der Waals surface area contributed by atoms with Gasteiger partial charge in [0.1, 0.15) is 5.75 Å². The van der Waals surface area contributed by atoms with Crippen LogP contribution in [0.2, 0.25) is 0 Å². The second kappa shape index (κ2) is 7.54. The molecule has 0 aliphatic carbocycles. The predicted octanol–water partition coefficient (Wildman–Crippen LogP) is 3.12. The topological polar surface area (TPSA) is 65.0 Å². The van der Waals surface area contributed by atoms with Crippen LogP contribution in [0.1, 0.15) is 17.0 Å². The van der Waals surface area contributed by atoms with Gasteiger partial charge < -0.3 is 19.3 Å². The van der Waals surface area contributed by atoms with Crippen LogP contribution in [0.15, 0.2) is 42.5 Å². The highest BCUT2D eigenvalue weighted by Gasteiger charge is 2.25. The molecule has 0 amide bonds. The normalized spacial score (nSPS) is 11.6. The number of carbonyl (C=O) groups is 1. The van der Waals surface area contributed by atoms with Crippen LogP contribution < -0.4 is 14.2 Å². The van der Waals surface area contributed by atoms with Gasteiger partial charge in [0.05, 0.1) is 27.2 Å². The molecule has 5 nitrogen and oxygen atoms in total. The maximum atomic E-state index is 11.8. The van der Waals surface area contributed by atoms with Gasteiger partial charge in [0.15, 0.2) is 11.5 Å². The van der Waals surface area contributed by atoms with E-state index >= 15 is 0 Å². The summed E-state index contributed by atoms with van der Waals surface area (Å²) in [7, 11) is 4.62. The Morgan fingerprint density at radius 1 is 1.04 bits per heavy atom. The fraction of sp³-hybridized carbons (Fsp3) is 0.278. The van der Waals surface area contributed by atoms with Crippen molar-refractivity contribution in [1.82, 2.24) is 0 Å². The van der Waals surface area contributed by atoms with Crippen molar-refractivity contribution in [3.63, 3.8) is 0 Å². The van der Waals surface area contributed by atoms with Gasteiger partial charge in [0.2, 0.25) is 0 Å². The fourth-order valence-electron chi connectivity index (χ4n) is 2.55. The number of para-hydroxylation sites is 1. The number of hydrogen-bond acceptors (Lipinski definition) is 4. The zero-order valence-corrected chi connectivity index (χ0v) is 13.4. The standard InChI is InChI=1S/C18H20O5/c1-21-13-7-4-6-12(10-13)11-15(18(19)20)14-8-5-9-16(22-2)17(14)23-3/h4-10,15H,11H2,1-3H3,(H,19,20). The van der Waals surface area contributed by atoms with Crippen molar-refractivity contribution < 1.29 is 24.1 Å². The molecule has 122 valence electrons. The molecule has 0 aliphatic heterocycles. The monoisotopic (exact) mass is 316 g/mol. The largest absolute Gasteiger partial charge is 0.497 e. The van der Waals surface area contributed by atoms with Gasteiger partial charge in [0, 0.05) is 5.56 Å². The minimum atomic E-state index is -0.917. The quantitative estimate of drug-likeness (QED) is 0.850. The second-order valence-corrected chi connectivity index (χ2v) is 5.03. The van der Waals surface area contributed by atoms with E-state index in [-0.39, 0.29) is 0 Å². The van der Waals surface area contributed by atoms with Crippen LogP contribution in [-0.2, 0) is 11.2 Å². The van der Waals surface area contributed by atoms with Crippen LogP contribution in [0.4, 0.5) is 0 Å². The first-order valence-corrected chi connectivity index (χ1v) is 7.17. The molecule has 1 unspecified atom stereocenters. The van der Waals surface area contributed by atoms with E-state index in [4.69, 9.17) is 14.2 Å². The van der Waals surface area contributed by atoms with Gasteiger partial charge >= 0.3 is 5.97 Å². The van der Waals surface area contributed by atoms with Crippen LogP contribution >= 0.6 is 0 Å². The summed E-state index contributed by atoms with van der Waals surface area (Å²) in [6, 6.07) is 12.6. The molecule has 1 N–H and O–H groups in total. The number of hydrogen-bond donors (Lipinski definition) is 1. The van der Waals surface area contributed by atoms with Gasteiger partial charge in [-0.3, -0.25) is 4.79 Å². The molecule has 0 saturated carbocycles. The number of carboxylic acids is 1. The SMILES string of the molecule is COc1cccc(CC(C(=O)O)c2cccc(OC)c2OC)c1. The van der Waals surface area contributed by atoms with E-state index in [1.807, 2.05) is 24.3 Å². The summed E-state index contributed by atoms with van der Waals surface area (Å²) in [6.07, 6.45) is 0.329. The summed E-state index contributed by atoms with van der Waals surface area (Å²) in [4.78, 5) is 11.8. The van der Waals surface area contributed by atoms with Gasteiger partial charge in [0.25, 0.3) is 0 Å². The molecule has 2 aromatic rings. The average molecular weight is 316 g/mol. The zero-order valence-electron chi connectivity index (χ0n) is 13.4. The van der Waals surface area contributed by atoms with Crippen molar-refractivity contribution in [3.05, 3.63) is 53.6 Å². The first-order valence-electron chi connectivity index (χ1n) is 7.17. The molecule has 5 heteroatoms. The van der Waals surface area contributed by atoms with Crippen LogP contribution in [0.3, 0.4) is 0 Å². The Balaban J connectivity index is 2.41. The van der Waals surface area contributed by atoms with Gasteiger partial charge in [-0.2, -0.15) is 0 Å². The second-order valence-electron chi connectivity index (χ2n) is 5.03. The number of rotatable bonds is 7. The number of carboxylic acid groups (broad SMARTS) is 1. The van der Waals surface area contributed by atoms with Crippen molar-refractivity contribution in [2.24, 2.45) is 0 Å². The van der Waals surface area contributed by atoms with Crippen LogP contribution in [0.25, 0.3) is 0 Å². The molecule has 2 aromatic carbocycles. The summed E-state index contributed by atoms with van der Waals surface area (Å²) >= 11 is 0. The molecule has 0 heterocycles. The molecule has 23 heavy (non-hydrogen) atoms. The van der Waals surface area contributed by atoms with Crippen molar-refractivity contribution in [2.45, 2.75) is 12.3 Å². The molecule has 0 aliphatic rings. The van der Waals surface area contributed by atoms with E-state index in [2.05, 4.69) is 0 Å². The minimum absolute atomic E-state index is 0.329. The molecular weight excluding hydrogens is 296 g/mol. The van der Waals surface area contributed by atoms with E-state index in [9.17, 15) is 9.90 Å². The van der Waals surface area contributed by atoms with Crippen LogP contribution in [0, 0.1) is 0 Å². The third-order valence-electron chi connectivity index (χ3n) is 3.68. The van der Waals surface area contributed by atoms with Gasteiger partial charge in [-0.1, -0.05) is 24.3 Å². The van der Waals surface area contributed by atoms with Crippen LogP contribution in [-0.4, -0.2) is 32.4 Å². The van der Waals surface area contributed by atoms with Crippen molar-refractivity contribution in [2.75, 3.05) is 21.3 Å². The molecule has 0 fully saturated rings. The lowest BCUT2D eigenvalue weighted by atomic mass is 9.91. The molecule has 0 bridgehead atoms. The fourth-order valence-corrected chi connectivity index (χ4v) is 2.55. The summed E-state index contributed by atoms with van der Waals surface area (Å²) in [6.45, 7) is 0. The van der Waals surface area contributed by atoms with Gasteiger partial charge in [-0.05, 0) is 30.2 Å². The molecule has 0 spiro atoms. The minimum Gasteiger partial charge on any atom is -0.497 e. The summed E-state index contributed by atoms with van der Waals surface area (Å²) in [5, 5.41) is 9.67. The number of benzene rings is 2. The molecular formula is C18H20O5. The lowest BCUT2D eigenvalue weighted by Crippen LogP contribution is -2.16. The first kappa shape index (κ1) is 16.7. The lowest BCUT2D eigenvalue weighted by Gasteiger charge is -2.18. The Morgan fingerprint density at radius 3 is 2.39 bits per heavy atom. The Hall–Kier alpha value is -2.69. The summed E-state index contributed by atoms with van der Waals surface area (Å²) < 4.78 is 15.8. The maximum Gasteiger partial charge on any atom is 0.311 e. The predicted molar refractivity (Wildman–Crippen MR) is 86.6 cm³/mol. The van der Waals surface area contributed by atoms with Crippen molar-refractivity contribution in [1.29, 1.82) is 0 Å². The Kier molecular flexibility index (Phi) is 5.46. The molecule has 0 saturated heterocycles. The van der Waals surface area contributed by atoms with E-state index < -0.39 is 11.9 Å². The summed E-state index contributed by atoms with van der Waals surface area (Å²) in [5.41, 5.74) is 1.46. The van der Waals surface area contributed by atoms with E-state index in [1.54, 1.807) is 25.3 Å². The van der Waals surface area contributed by atoms with Gasteiger partial charge in [-0.15, -0.1) is 0 Å². The molecule has 2 rings (SSSR count). The smallest absolute Gasteiger partial charge is 0.311 e. The Labute approximate surface area is 135 Å². The van der Waals surface area contributed by atoms with Crippen molar-refractivity contribution >= 4 is 5.97 Å². The number of ether oxygens (including phenoxy) is 3. The van der Waals surface area contributed by atoms with Crippen molar-refractivity contribution in [3.8, 4) is 17.2 Å². The Bertz CT molecular complexity index is 681. The molecule has 0 aromatic heterocycles. The number of methoxy groups -OCH3 is 3. The lowest BCUT2D eigenvalue weighted by molar-refractivity contribution is -0.138. The maximum absolute atomic E-state index is 11.8. The van der Waals surface area contributed by atoms with E-state index in [0.29, 0.717) is 29.2 Å². The highest BCUT2D eigenvalue weighted by atomic mass is 16.5. The first-order chi connectivity index (χ1) is 11.1. The molecule has 0 radical (unpaired) electrons. The highest BCUT2D eigenvalue weighted by molar-refractivity contribution is 5.78. The van der Waals surface area contributed by atoms with Gasteiger partial charge in [-0.25, -0.2) is 0 Å². The Morgan fingerprint density at radius 2 is 1.78 bits per heavy atom. The third kappa shape index (κ3) is 3.74. The third-order valence-corrected chi connectivity index (χ3v) is 3.68. The highest BCUT2D eigenvalue weighted by Crippen LogP contribution is 2.37. The summed E-state index contributed by atoms with van der Waals surface area (Å²) in [5.74, 6) is 0.00274. The van der Waals surface area contributed by atoms with E-state index in [1.165, 1.54) is 14.2 Å². The zero-order chi connectivity index (χ0) is 16.8. The van der Waals surface area contributed by atoms with Crippen LogP contribution in [0.5, 0.6) is 17.2 Å². The number of aliphatic carboxylic acids is 1. The van der Waals surface area contributed by atoms with E-state index in [0.717, 1.165) is 5.56 Å². The average Bonchev–Trinajstić information content (AvgIpc) is 2.58. The molecule has 1 atom stereocenters.